The standard InChI is InChI=1S/6CHO.Nb/c6*1-2;/h6*1H;/q6*-1;. The van der Waals surface area contributed by atoms with Gasteiger partial charge in [0.05, 0.1) is 0 Å². The molecule has 0 aliphatic heterocycles. The number of hydrogen-bond acceptors (Lipinski definition) is 6. The third-order valence-corrected chi connectivity index (χ3v) is 0. The number of rotatable bonds is 0. The van der Waals surface area contributed by atoms with E-state index in [-0.39, 0.29) is 22.4 Å². The molecule has 0 amide bonds. The van der Waals surface area contributed by atoms with Gasteiger partial charge >= 0.3 is 0 Å². The van der Waals surface area contributed by atoms with E-state index in [1.165, 1.54) is 0 Å². The Morgan fingerprint density at radius 2 is 0.308 bits per heavy atom. The maximum absolute atomic E-state index is 7.75. The normalized spacial score (nSPS) is 1.85. The van der Waals surface area contributed by atoms with Crippen molar-refractivity contribution in [2.75, 3.05) is 0 Å². The zero-order valence-corrected chi connectivity index (χ0v) is 8.56. The Labute approximate surface area is 92.2 Å². The first-order valence-corrected chi connectivity index (χ1v) is 1.41. The largest absolute Gasteiger partial charge is 0.545 e. The Morgan fingerprint density at radius 1 is 0.308 bits per heavy atom. The Kier molecular flexibility index (Phi) is 3080. The minimum absolute atomic E-state index is 0. The van der Waals surface area contributed by atoms with Crippen molar-refractivity contribution < 1.29 is 51.1 Å². The van der Waals surface area contributed by atoms with Crippen molar-refractivity contribution in [3.05, 3.63) is 0 Å². The third kappa shape index (κ3) is 537. The van der Waals surface area contributed by atoms with Crippen molar-refractivity contribution in [3.8, 4) is 0 Å². The quantitative estimate of drug-likeness (QED) is 0.296. The number of hydrogen-bond donors (Lipinski definition) is 0. The molecular formula is C6H6NbO6-6. The molecule has 0 aromatic heterocycles. The van der Waals surface area contributed by atoms with Crippen LogP contribution in [0.4, 0.5) is 0 Å². The molecule has 0 aromatic carbocycles. The molecule has 77 valence electrons. The van der Waals surface area contributed by atoms with E-state index >= 15 is 0 Å². The Balaban J connectivity index is -0.00000000655. The van der Waals surface area contributed by atoms with Gasteiger partial charge in [-0.25, -0.2) is 0 Å². The molecule has 0 rings (SSSR count). The van der Waals surface area contributed by atoms with E-state index in [2.05, 4.69) is 40.7 Å². The molecule has 13 heavy (non-hydrogen) atoms. The first-order chi connectivity index (χ1) is 6.00. The summed E-state index contributed by atoms with van der Waals surface area (Å²) in [4.78, 5) is 46.5. The van der Waals surface area contributed by atoms with Gasteiger partial charge in [0.1, 0.15) is 0 Å². The maximum Gasteiger partial charge on any atom is 0 e. The zero-order valence-electron chi connectivity index (χ0n) is 6.36. The summed E-state index contributed by atoms with van der Waals surface area (Å²) in [6, 6.07) is 0. The summed E-state index contributed by atoms with van der Waals surface area (Å²) in [7, 11) is 0. The molecule has 0 heterocycles. The summed E-state index contributed by atoms with van der Waals surface area (Å²) in [5, 5.41) is 0. The fraction of sp³-hybridized carbons (Fsp3) is 0. The van der Waals surface area contributed by atoms with Crippen molar-refractivity contribution in [2.45, 2.75) is 0 Å². The summed E-state index contributed by atoms with van der Waals surface area (Å²) in [6.45, 7) is 19.5. The maximum atomic E-state index is 7.75. The molecule has 0 atom stereocenters. The Bertz CT molecular complexity index is 32.6. The van der Waals surface area contributed by atoms with Crippen LogP contribution in [0.1, 0.15) is 0 Å². The van der Waals surface area contributed by atoms with Crippen LogP contribution >= 0.6 is 0 Å². The van der Waals surface area contributed by atoms with Gasteiger partial charge in [0.2, 0.25) is 0 Å². The molecule has 0 fully saturated rings. The van der Waals surface area contributed by atoms with Crippen molar-refractivity contribution in [1.82, 2.24) is 0 Å². The van der Waals surface area contributed by atoms with Crippen LogP contribution in [-0.2, 0) is 51.1 Å². The van der Waals surface area contributed by atoms with E-state index in [1.807, 2.05) is 0 Å². The van der Waals surface area contributed by atoms with E-state index in [9.17, 15) is 0 Å². The van der Waals surface area contributed by atoms with Gasteiger partial charge in [0.15, 0.2) is 0 Å². The second-order valence-corrected chi connectivity index (χ2v) is 0. The van der Waals surface area contributed by atoms with Gasteiger partial charge in [-0.2, -0.15) is 0 Å². The fourth-order valence-corrected chi connectivity index (χ4v) is 0. The molecule has 1 radical (unpaired) electrons. The predicted octanol–water partition coefficient (Wildman–Crippen LogP) is -1.65. The zero-order chi connectivity index (χ0) is 12.0. The monoisotopic (exact) mass is 267 g/mol. The summed E-state index contributed by atoms with van der Waals surface area (Å²) in [5.74, 6) is 0. The molecule has 0 saturated heterocycles. The molecule has 0 saturated carbocycles. The first kappa shape index (κ1) is 60.1. The van der Waals surface area contributed by atoms with Crippen molar-refractivity contribution >= 4 is 40.7 Å². The van der Waals surface area contributed by atoms with Crippen molar-refractivity contribution in [1.29, 1.82) is 0 Å². The number of carbonyl (C=O) groups excluding carboxylic acids is 6. The molecule has 0 spiro atoms. The van der Waals surface area contributed by atoms with Gasteiger partial charge in [0, 0.05) is 22.4 Å². The molecule has 7 heteroatoms. The van der Waals surface area contributed by atoms with Crippen molar-refractivity contribution in [3.63, 3.8) is 0 Å². The summed E-state index contributed by atoms with van der Waals surface area (Å²) < 4.78 is 0. The SMILES string of the molecule is [CH-]=O.[CH-]=O.[CH-]=O.[CH-]=O.[CH-]=O.[CH-]=O.[Nb]. The van der Waals surface area contributed by atoms with Gasteiger partial charge in [0.25, 0.3) is 0 Å². The molecule has 0 unspecified atom stereocenters. The summed E-state index contributed by atoms with van der Waals surface area (Å²) in [6.07, 6.45) is 0. The van der Waals surface area contributed by atoms with Crippen LogP contribution in [0.25, 0.3) is 0 Å². The van der Waals surface area contributed by atoms with Crippen LogP contribution in [0, 0.1) is 0 Å². The molecule has 0 bridgehead atoms. The smallest absolute Gasteiger partial charge is 0 e. The summed E-state index contributed by atoms with van der Waals surface area (Å²) >= 11 is 0. The minimum atomic E-state index is 0. The summed E-state index contributed by atoms with van der Waals surface area (Å²) in [5.41, 5.74) is 0. The first-order valence-electron chi connectivity index (χ1n) is 1.41. The fourth-order valence-electron chi connectivity index (χ4n) is 0. The van der Waals surface area contributed by atoms with Gasteiger partial charge in [-0.1, -0.05) is 0 Å². The van der Waals surface area contributed by atoms with E-state index in [1.54, 1.807) is 0 Å². The second kappa shape index (κ2) is 667. The van der Waals surface area contributed by atoms with Gasteiger partial charge in [-0.15, -0.1) is 0 Å². The molecule has 0 aromatic rings. The van der Waals surface area contributed by atoms with E-state index in [0.717, 1.165) is 0 Å². The molecular weight excluding hydrogens is 261 g/mol. The van der Waals surface area contributed by atoms with Crippen molar-refractivity contribution in [2.24, 2.45) is 0 Å². The molecule has 0 N–H and O–H groups in total. The Hall–Kier alpha value is -1.24. The molecule has 6 nitrogen and oxygen atoms in total. The van der Waals surface area contributed by atoms with Crippen LogP contribution in [0.3, 0.4) is 0 Å². The predicted molar refractivity (Wildman–Crippen MR) is 40.5 cm³/mol. The van der Waals surface area contributed by atoms with Crippen LogP contribution in [0.2, 0.25) is 0 Å². The van der Waals surface area contributed by atoms with E-state index in [4.69, 9.17) is 28.8 Å². The van der Waals surface area contributed by atoms with E-state index < -0.39 is 0 Å². The van der Waals surface area contributed by atoms with E-state index in [0.29, 0.717) is 0 Å². The minimum Gasteiger partial charge on any atom is -0.545 e. The van der Waals surface area contributed by atoms with Crippen LogP contribution in [0.15, 0.2) is 0 Å². The van der Waals surface area contributed by atoms with Crippen LogP contribution < -0.4 is 0 Å². The average Bonchev–Trinajstić information content (AvgIpc) is 2.33. The molecule has 0 aliphatic carbocycles. The molecule has 0 aliphatic rings. The third-order valence-electron chi connectivity index (χ3n) is 0. The van der Waals surface area contributed by atoms with Crippen LogP contribution in [0.5, 0.6) is 0 Å². The average molecular weight is 267 g/mol. The van der Waals surface area contributed by atoms with Gasteiger partial charge in [-0.3, -0.25) is 40.7 Å². The van der Waals surface area contributed by atoms with Gasteiger partial charge < -0.3 is 28.8 Å². The Morgan fingerprint density at radius 3 is 0.308 bits per heavy atom. The second-order valence-electron chi connectivity index (χ2n) is 0. The topological polar surface area (TPSA) is 102 Å². The van der Waals surface area contributed by atoms with Gasteiger partial charge in [-0.05, 0) is 0 Å². The van der Waals surface area contributed by atoms with Crippen LogP contribution in [-0.4, -0.2) is 40.7 Å².